The summed E-state index contributed by atoms with van der Waals surface area (Å²) in [5, 5.41) is 7.55. The molecule has 17 heavy (non-hydrogen) atoms. The number of aryl methyl sites for hydroxylation is 2. The summed E-state index contributed by atoms with van der Waals surface area (Å²) in [6, 6.07) is 2.55. The zero-order chi connectivity index (χ0) is 12.3. The van der Waals surface area contributed by atoms with Crippen LogP contribution in [0.2, 0.25) is 0 Å². The minimum Gasteiger partial charge on any atom is -0.370 e. The molecule has 0 amide bonds. The summed E-state index contributed by atoms with van der Waals surface area (Å²) < 4.78 is 1.85. The Hall–Kier alpha value is -1.52. The third-order valence-corrected chi connectivity index (χ3v) is 3.22. The molecule has 0 aliphatic heterocycles. The van der Waals surface area contributed by atoms with Crippen LogP contribution < -0.4 is 11.1 Å². The maximum atomic E-state index is 5.87. The Bertz CT molecular complexity index is 401. The van der Waals surface area contributed by atoms with E-state index in [-0.39, 0.29) is 0 Å². The van der Waals surface area contributed by atoms with Gasteiger partial charge in [0.05, 0.1) is 17.9 Å². The van der Waals surface area contributed by atoms with Gasteiger partial charge in [-0.3, -0.25) is 4.68 Å². The predicted molar refractivity (Wildman–Crippen MR) is 68.7 cm³/mol. The van der Waals surface area contributed by atoms with E-state index in [1.807, 2.05) is 24.7 Å². The molecule has 1 aromatic rings. The minimum absolute atomic E-state index is 0.520. The third-order valence-electron chi connectivity index (χ3n) is 3.22. The van der Waals surface area contributed by atoms with Crippen LogP contribution in [0.4, 0.5) is 0 Å². The van der Waals surface area contributed by atoms with Gasteiger partial charge in [-0.2, -0.15) is 5.10 Å². The van der Waals surface area contributed by atoms with E-state index in [1.165, 1.54) is 25.7 Å². The van der Waals surface area contributed by atoms with E-state index < -0.39 is 0 Å². The molecule has 94 valence electrons. The van der Waals surface area contributed by atoms with Crippen molar-refractivity contribution in [3.8, 4) is 0 Å². The maximum Gasteiger partial charge on any atom is 0.189 e. The van der Waals surface area contributed by atoms with Crippen LogP contribution in [0.5, 0.6) is 0 Å². The van der Waals surface area contributed by atoms with Gasteiger partial charge in [-0.05, 0) is 25.8 Å². The Morgan fingerprint density at radius 1 is 1.59 bits per heavy atom. The molecule has 1 saturated carbocycles. The first-order chi connectivity index (χ1) is 8.15. The van der Waals surface area contributed by atoms with Gasteiger partial charge in [-0.25, -0.2) is 4.99 Å². The fraction of sp³-hybridized carbons (Fsp3) is 0.667. The van der Waals surface area contributed by atoms with Crippen molar-refractivity contribution in [3.63, 3.8) is 0 Å². The highest BCUT2D eigenvalue weighted by atomic mass is 15.3. The van der Waals surface area contributed by atoms with Crippen LogP contribution in [0.3, 0.4) is 0 Å². The fourth-order valence-electron chi connectivity index (χ4n) is 2.30. The van der Waals surface area contributed by atoms with E-state index in [2.05, 4.69) is 15.4 Å². The lowest BCUT2D eigenvalue weighted by molar-refractivity contribution is 0.623. The highest BCUT2D eigenvalue weighted by Gasteiger charge is 2.14. The van der Waals surface area contributed by atoms with Crippen LogP contribution in [0, 0.1) is 6.92 Å². The Balaban J connectivity index is 1.88. The molecule has 0 atom stereocenters. The highest BCUT2D eigenvalue weighted by Crippen LogP contribution is 2.17. The molecule has 1 aliphatic rings. The molecule has 0 unspecified atom stereocenters. The minimum atomic E-state index is 0.520. The molecule has 1 heterocycles. The van der Waals surface area contributed by atoms with E-state index >= 15 is 0 Å². The van der Waals surface area contributed by atoms with E-state index in [1.54, 1.807) is 0 Å². The lowest BCUT2D eigenvalue weighted by atomic mass is 10.2. The van der Waals surface area contributed by atoms with Gasteiger partial charge >= 0.3 is 0 Å². The summed E-state index contributed by atoms with van der Waals surface area (Å²) in [6.45, 7) is 2.57. The normalized spacial score (nSPS) is 17.6. The zero-order valence-corrected chi connectivity index (χ0v) is 10.6. The van der Waals surface area contributed by atoms with Crippen LogP contribution >= 0.6 is 0 Å². The second-order valence-corrected chi connectivity index (χ2v) is 4.73. The molecule has 3 N–H and O–H groups in total. The number of hydrogen-bond donors (Lipinski definition) is 2. The van der Waals surface area contributed by atoms with E-state index in [0.29, 0.717) is 18.5 Å². The smallest absolute Gasteiger partial charge is 0.189 e. The van der Waals surface area contributed by atoms with Gasteiger partial charge in [-0.1, -0.05) is 12.8 Å². The molecule has 0 bridgehead atoms. The average molecular weight is 235 g/mol. The molecule has 0 saturated heterocycles. The van der Waals surface area contributed by atoms with Gasteiger partial charge in [-0.15, -0.1) is 0 Å². The number of aromatic nitrogens is 2. The molecule has 2 rings (SSSR count). The van der Waals surface area contributed by atoms with Crippen molar-refractivity contribution < 1.29 is 0 Å². The van der Waals surface area contributed by atoms with Gasteiger partial charge in [0.25, 0.3) is 0 Å². The van der Waals surface area contributed by atoms with Crippen molar-refractivity contribution in [1.29, 1.82) is 0 Å². The largest absolute Gasteiger partial charge is 0.370 e. The summed E-state index contributed by atoms with van der Waals surface area (Å²) in [7, 11) is 1.93. The number of nitrogens with zero attached hydrogens (tertiary/aromatic N) is 3. The van der Waals surface area contributed by atoms with Crippen LogP contribution in [0.1, 0.15) is 37.1 Å². The molecule has 0 radical (unpaired) electrons. The van der Waals surface area contributed by atoms with Crippen molar-refractivity contribution in [2.75, 3.05) is 0 Å². The van der Waals surface area contributed by atoms with Crippen molar-refractivity contribution in [1.82, 2.24) is 15.1 Å². The average Bonchev–Trinajstić information content (AvgIpc) is 2.86. The molecule has 1 aromatic heterocycles. The summed E-state index contributed by atoms with van der Waals surface area (Å²) in [5.41, 5.74) is 7.96. The van der Waals surface area contributed by atoms with Crippen LogP contribution in [-0.4, -0.2) is 21.8 Å². The van der Waals surface area contributed by atoms with Crippen LogP contribution in [-0.2, 0) is 13.6 Å². The van der Waals surface area contributed by atoms with Crippen molar-refractivity contribution >= 4 is 5.96 Å². The van der Waals surface area contributed by atoms with E-state index in [0.717, 1.165) is 11.4 Å². The number of hydrogen-bond acceptors (Lipinski definition) is 2. The molecule has 1 aliphatic carbocycles. The van der Waals surface area contributed by atoms with Gasteiger partial charge in [0.1, 0.15) is 0 Å². The Labute approximate surface area is 102 Å². The third kappa shape index (κ3) is 3.22. The first kappa shape index (κ1) is 12.0. The predicted octanol–water partition coefficient (Wildman–Crippen LogP) is 1.08. The van der Waals surface area contributed by atoms with Gasteiger partial charge in [0.2, 0.25) is 0 Å². The quantitative estimate of drug-likeness (QED) is 0.608. The van der Waals surface area contributed by atoms with Gasteiger partial charge in [0.15, 0.2) is 5.96 Å². The number of nitrogens with two attached hydrogens (primary N) is 1. The summed E-state index contributed by atoms with van der Waals surface area (Å²) in [5.74, 6) is 0.552. The van der Waals surface area contributed by atoms with Crippen molar-refractivity contribution in [3.05, 3.63) is 17.5 Å². The second-order valence-electron chi connectivity index (χ2n) is 4.73. The van der Waals surface area contributed by atoms with Crippen LogP contribution in [0.25, 0.3) is 0 Å². The van der Waals surface area contributed by atoms with E-state index in [9.17, 15) is 0 Å². The Morgan fingerprint density at radius 2 is 2.29 bits per heavy atom. The van der Waals surface area contributed by atoms with E-state index in [4.69, 9.17) is 5.73 Å². The molecular weight excluding hydrogens is 214 g/mol. The van der Waals surface area contributed by atoms with Gasteiger partial charge < -0.3 is 11.1 Å². The molecule has 5 nitrogen and oxygen atoms in total. The van der Waals surface area contributed by atoms with Crippen LogP contribution in [0.15, 0.2) is 11.1 Å². The number of guanidine groups is 1. The lowest BCUT2D eigenvalue weighted by Crippen LogP contribution is -2.38. The number of rotatable bonds is 3. The van der Waals surface area contributed by atoms with Gasteiger partial charge in [0, 0.05) is 13.1 Å². The highest BCUT2D eigenvalue weighted by molar-refractivity contribution is 5.78. The second kappa shape index (κ2) is 5.21. The summed E-state index contributed by atoms with van der Waals surface area (Å²) in [4.78, 5) is 4.35. The number of nitrogens with one attached hydrogen (secondary N) is 1. The fourth-order valence-corrected chi connectivity index (χ4v) is 2.30. The topological polar surface area (TPSA) is 68.2 Å². The Morgan fingerprint density at radius 3 is 2.88 bits per heavy atom. The molecule has 1 fully saturated rings. The first-order valence-corrected chi connectivity index (χ1v) is 6.21. The summed E-state index contributed by atoms with van der Waals surface area (Å²) in [6.07, 6.45) is 5.01. The standard InChI is InChI=1S/C12H21N5/c1-9-7-11(17(2)16-9)8-14-12(13)15-10-5-3-4-6-10/h7,10H,3-6,8H2,1-2H3,(H3,13,14,15). The monoisotopic (exact) mass is 235 g/mol. The molecule has 5 heteroatoms. The lowest BCUT2D eigenvalue weighted by Gasteiger charge is -2.12. The molecule has 0 spiro atoms. The Kier molecular flexibility index (Phi) is 3.66. The molecular formula is C12H21N5. The SMILES string of the molecule is Cc1cc(CN=C(N)NC2CCCC2)n(C)n1. The first-order valence-electron chi connectivity index (χ1n) is 6.21. The zero-order valence-electron chi connectivity index (χ0n) is 10.6. The number of aliphatic imine (C=N–C) groups is 1. The molecule has 0 aromatic carbocycles. The summed E-state index contributed by atoms with van der Waals surface area (Å²) >= 11 is 0. The van der Waals surface area contributed by atoms with Crippen molar-refractivity contribution in [2.45, 2.75) is 45.2 Å². The van der Waals surface area contributed by atoms with Crippen molar-refractivity contribution in [2.24, 2.45) is 17.8 Å². The maximum absolute atomic E-state index is 5.87.